The summed E-state index contributed by atoms with van der Waals surface area (Å²) in [4.78, 5) is 0. The highest BCUT2D eigenvalue weighted by molar-refractivity contribution is 5.67. The number of nitrogens with two attached hydrogens (primary N) is 1. The molecule has 18 heavy (non-hydrogen) atoms. The minimum Gasteiger partial charge on any atom is -0.395 e. The van der Waals surface area contributed by atoms with Crippen molar-refractivity contribution in [1.82, 2.24) is 0 Å². The van der Waals surface area contributed by atoms with Crippen LogP contribution in [-0.2, 0) is 6.42 Å². The van der Waals surface area contributed by atoms with Gasteiger partial charge in [-0.05, 0) is 35.6 Å². The number of hydrogen-bond donors (Lipinski definition) is 2. The Bertz CT molecular complexity index is 508. The lowest BCUT2D eigenvalue weighted by Gasteiger charge is -2.11. The molecule has 2 heteroatoms. The number of aliphatic hydroxyl groups excluding tert-OH is 1. The standard InChI is InChI=1S/C16H19NO/c1-12-9-13(10-15(17)11-18)7-8-16(12)14-5-3-2-4-6-14/h2-9,15,18H,10-11,17H2,1H3/t15-/m1/s1. The molecule has 94 valence electrons. The molecular formula is C16H19NO. The van der Waals surface area contributed by atoms with Crippen LogP contribution in [0.5, 0.6) is 0 Å². The van der Waals surface area contributed by atoms with Crippen LogP contribution < -0.4 is 5.73 Å². The van der Waals surface area contributed by atoms with Gasteiger partial charge in [0, 0.05) is 6.04 Å². The molecule has 0 saturated heterocycles. The lowest BCUT2D eigenvalue weighted by molar-refractivity contribution is 0.265. The molecule has 0 aromatic heterocycles. The van der Waals surface area contributed by atoms with Crippen LogP contribution in [0.4, 0.5) is 0 Å². The Hall–Kier alpha value is -1.64. The summed E-state index contributed by atoms with van der Waals surface area (Å²) in [6.07, 6.45) is 0.715. The lowest BCUT2D eigenvalue weighted by Crippen LogP contribution is -2.26. The molecule has 2 nitrogen and oxygen atoms in total. The van der Waals surface area contributed by atoms with Crippen LogP contribution >= 0.6 is 0 Å². The highest BCUT2D eigenvalue weighted by atomic mass is 16.3. The van der Waals surface area contributed by atoms with Crippen LogP contribution in [0, 0.1) is 6.92 Å². The van der Waals surface area contributed by atoms with Crippen LogP contribution in [-0.4, -0.2) is 17.8 Å². The van der Waals surface area contributed by atoms with E-state index in [1.807, 2.05) is 18.2 Å². The van der Waals surface area contributed by atoms with Crippen molar-refractivity contribution in [2.75, 3.05) is 6.61 Å². The minimum atomic E-state index is -0.174. The normalized spacial score (nSPS) is 12.4. The number of rotatable bonds is 4. The molecule has 0 saturated carbocycles. The zero-order valence-corrected chi connectivity index (χ0v) is 10.6. The van der Waals surface area contributed by atoms with E-state index in [0.717, 1.165) is 0 Å². The fourth-order valence-corrected chi connectivity index (χ4v) is 2.16. The van der Waals surface area contributed by atoms with Gasteiger partial charge in [-0.25, -0.2) is 0 Å². The van der Waals surface area contributed by atoms with Gasteiger partial charge in [0.2, 0.25) is 0 Å². The van der Waals surface area contributed by atoms with Gasteiger partial charge in [-0.15, -0.1) is 0 Å². The molecule has 0 spiro atoms. The first-order chi connectivity index (χ1) is 8.70. The average Bonchev–Trinajstić information content (AvgIpc) is 2.40. The van der Waals surface area contributed by atoms with Gasteiger partial charge >= 0.3 is 0 Å². The van der Waals surface area contributed by atoms with Gasteiger partial charge in [0.1, 0.15) is 0 Å². The summed E-state index contributed by atoms with van der Waals surface area (Å²) < 4.78 is 0. The van der Waals surface area contributed by atoms with Crippen molar-refractivity contribution >= 4 is 0 Å². The Balaban J connectivity index is 2.26. The van der Waals surface area contributed by atoms with Crippen molar-refractivity contribution in [3.05, 3.63) is 59.7 Å². The van der Waals surface area contributed by atoms with Crippen LogP contribution in [0.25, 0.3) is 11.1 Å². The lowest BCUT2D eigenvalue weighted by atomic mass is 9.96. The number of aryl methyl sites for hydroxylation is 1. The van der Waals surface area contributed by atoms with Crippen molar-refractivity contribution in [1.29, 1.82) is 0 Å². The first-order valence-corrected chi connectivity index (χ1v) is 6.22. The van der Waals surface area contributed by atoms with Crippen LogP contribution in [0.15, 0.2) is 48.5 Å². The maximum absolute atomic E-state index is 8.97. The Morgan fingerprint density at radius 1 is 1.11 bits per heavy atom. The predicted octanol–water partition coefficient (Wildman–Crippen LogP) is 2.52. The summed E-state index contributed by atoms with van der Waals surface area (Å²) in [6, 6.07) is 16.5. The summed E-state index contributed by atoms with van der Waals surface area (Å²) >= 11 is 0. The fraction of sp³-hybridized carbons (Fsp3) is 0.250. The van der Waals surface area contributed by atoms with Crippen molar-refractivity contribution in [2.24, 2.45) is 5.73 Å². The van der Waals surface area contributed by atoms with E-state index in [4.69, 9.17) is 10.8 Å². The second-order valence-corrected chi connectivity index (χ2v) is 4.66. The van der Waals surface area contributed by atoms with Gasteiger partial charge in [-0.1, -0.05) is 48.5 Å². The van der Waals surface area contributed by atoms with Crippen LogP contribution in [0.3, 0.4) is 0 Å². The van der Waals surface area contributed by atoms with Crippen molar-refractivity contribution in [2.45, 2.75) is 19.4 Å². The number of benzene rings is 2. The highest BCUT2D eigenvalue weighted by Crippen LogP contribution is 2.24. The molecule has 0 unspecified atom stereocenters. The Morgan fingerprint density at radius 3 is 2.44 bits per heavy atom. The average molecular weight is 241 g/mol. The second kappa shape index (κ2) is 5.80. The van der Waals surface area contributed by atoms with Gasteiger partial charge in [-0.3, -0.25) is 0 Å². The van der Waals surface area contributed by atoms with E-state index < -0.39 is 0 Å². The van der Waals surface area contributed by atoms with Gasteiger partial charge in [-0.2, -0.15) is 0 Å². The molecule has 2 aromatic carbocycles. The molecule has 3 N–H and O–H groups in total. The maximum Gasteiger partial charge on any atom is 0.0585 e. The van der Waals surface area contributed by atoms with Gasteiger partial charge < -0.3 is 10.8 Å². The summed E-state index contributed by atoms with van der Waals surface area (Å²) in [5, 5.41) is 8.97. The molecule has 0 aliphatic rings. The molecule has 0 radical (unpaired) electrons. The molecule has 0 heterocycles. The Labute approximate surface area is 108 Å². The molecule has 2 rings (SSSR count). The molecule has 0 bridgehead atoms. The van der Waals surface area contributed by atoms with Crippen LogP contribution in [0.2, 0.25) is 0 Å². The van der Waals surface area contributed by atoms with E-state index in [-0.39, 0.29) is 12.6 Å². The van der Waals surface area contributed by atoms with Crippen molar-refractivity contribution < 1.29 is 5.11 Å². The molecule has 0 aliphatic heterocycles. The Morgan fingerprint density at radius 2 is 1.83 bits per heavy atom. The first-order valence-electron chi connectivity index (χ1n) is 6.22. The predicted molar refractivity (Wildman–Crippen MR) is 75.4 cm³/mol. The first kappa shape index (κ1) is 12.8. The van der Waals surface area contributed by atoms with Gasteiger partial charge in [0.25, 0.3) is 0 Å². The monoisotopic (exact) mass is 241 g/mol. The van der Waals surface area contributed by atoms with Crippen molar-refractivity contribution in [3.63, 3.8) is 0 Å². The molecule has 2 aromatic rings. The third kappa shape index (κ3) is 2.97. The summed E-state index contributed by atoms with van der Waals surface area (Å²) in [7, 11) is 0. The Kier molecular flexibility index (Phi) is 4.13. The zero-order valence-electron chi connectivity index (χ0n) is 10.6. The molecular weight excluding hydrogens is 222 g/mol. The SMILES string of the molecule is Cc1cc(C[C@@H](N)CO)ccc1-c1ccccc1. The summed E-state index contributed by atoms with van der Waals surface area (Å²) in [6.45, 7) is 2.13. The molecule has 0 aliphatic carbocycles. The van der Waals surface area contributed by atoms with E-state index in [0.29, 0.717) is 6.42 Å². The maximum atomic E-state index is 8.97. The van der Waals surface area contributed by atoms with E-state index >= 15 is 0 Å². The van der Waals surface area contributed by atoms with E-state index in [9.17, 15) is 0 Å². The quantitative estimate of drug-likeness (QED) is 0.864. The third-order valence-electron chi connectivity index (χ3n) is 3.11. The smallest absolute Gasteiger partial charge is 0.0585 e. The number of hydrogen-bond acceptors (Lipinski definition) is 2. The highest BCUT2D eigenvalue weighted by Gasteiger charge is 2.05. The van der Waals surface area contributed by atoms with E-state index in [1.54, 1.807) is 0 Å². The topological polar surface area (TPSA) is 46.2 Å². The fourth-order valence-electron chi connectivity index (χ4n) is 2.16. The second-order valence-electron chi connectivity index (χ2n) is 4.66. The minimum absolute atomic E-state index is 0.0273. The zero-order chi connectivity index (χ0) is 13.0. The van der Waals surface area contributed by atoms with Gasteiger partial charge in [0.15, 0.2) is 0 Å². The largest absolute Gasteiger partial charge is 0.395 e. The van der Waals surface area contributed by atoms with Gasteiger partial charge in [0.05, 0.1) is 6.61 Å². The molecule has 1 atom stereocenters. The molecule has 0 fully saturated rings. The summed E-state index contributed by atoms with van der Waals surface area (Å²) in [5.41, 5.74) is 10.6. The van der Waals surface area contributed by atoms with Crippen molar-refractivity contribution in [3.8, 4) is 11.1 Å². The summed E-state index contributed by atoms with van der Waals surface area (Å²) in [5.74, 6) is 0. The number of aliphatic hydroxyl groups is 1. The van der Waals surface area contributed by atoms with E-state index in [1.165, 1.54) is 22.3 Å². The van der Waals surface area contributed by atoms with E-state index in [2.05, 4.69) is 37.3 Å². The third-order valence-corrected chi connectivity index (χ3v) is 3.11. The molecule has 0 amide bonds. The van der Waals surface area contributed by atoms with Crippen LogP contribution in [0.1, 0.15) is 11.1 Å².